The highest BCUT2D eigenvalue weighted by atomic mass is 16.1. The molecule has 8 heteroatoms. The Morgan fingerprint density at radius 2 is 1.92 bits per heavy atom. The number of benzene rings is 1. The molecule has 0 spiro atoms. The van der Waals surface area contributed by atoms with Crippen molar-refractivity contribution >= 4 is 29.0 Å². The number of piperazine rings is 1. The Bertz CT molecular complexity index is 1310. The van der Waals surface area contributed by atoms with Gasteiger partial charge in [0, 0.05) is 72.8 Å². The van der Waals surface area contributed by atoms with Gasteiger partial charge in [0.25, 0.3) is 5.91 Å². The van der Waals surface area contributed by atoms with Crippen LogP contribution in [0.3, 0.4) is 0 Å². The van der Waals surface area contributed by atoms with Crippen LogP contribution in [0.5, 0.6) is 0 Å². The van der Waals surface area contributed by atoms with Crippen molar-refractivity contribution < 1.29 is 9.59 Å². The highest BCUT2D eigenvalue weighted by molar-refractivity contribution is 6.09. The summed E-state index contributed by atoms with van der Waals surface area (Å²) in [5, 5.41) is 9.99. The van der Waals surface area contributed by atoms with Crippen LogP contribution in [0.4, 0.5) is 5.82 Å². The lowest BCUT2D eigenvalue weighted by Crippen LogP contribution is -2.43. The fourth-order valence-electron chi connectivity index (χ4n) is 4.45. The van der Waals surface area contributed by atoms with Gasteiger partial charge in [0.15, 0.2) is 0 Å². The number of hydrogen-bond donors (Lipinski definition) is 4. The Morgan fingerprint density at radius 3 is 2.61 bits per heavy atom. The van der Waals surface area contributed by atoms with E-state index in [9.17, 15) is 9.59 Å². The Kier molecular flexibility index (Phi) is 7.85. The van der Waals surface area contributed by atoms with Crippen molar-refractivity contribution in [1.29, 1.82) is 0 Å². The molecule has 0 aliphatic carbocycles. The van der Waals surface area contributed by atoms with Gasteiger partial charge in [0.1, 0.15) is 5.82 Å². The van der Waals surface area contributed by atoms with Crippen LogP contribution in [0.15, 0.2) is 59.6 Å². The van der Waals surface area contributed by atoms with E-state index in [-0.39, 0.29) is 5.91 Å². The third-order valence-electron chi connectivity index (χ3n) is 6.65. The minimum atomic E-state index is -0.131. The maximum atomic E-state index is 13.4. The number of rotatable bonds is 8. The molecule has 1 aliphatic rings. The number of fused-ring (bicyclic) bond motifs is 1. The van der Waals surface area contributed by atoms with Gasteiger partial charge in [0.2, 0.25) is 6.41 Å². The first-order chi connectivity index (χ1) is 17.4. The van der Waals surface area contributed by atoms with E-state index in [4.69, 9.17) is 4.98 Å². The molecule has 3 heterocycles. The molecule has 2 aromatic heterocycles. The van der Waals surface area contributed by atoms with E-state index in [1.807, 2.05) is 52.2 Å². The molecule has 1 aliphatic heterocycles. The van der Waals surface area contributed by atoms with Gasteiger partial charge in [-0.05, 0) is 74.7 Å². The first-order valence-electron chi connectivity index (χ1n) is 12.2. The number of carbonyl (C=O) groups excluding carboxylic acids is 2. The third kappa shape index (κ3) is 5.66. The van der Waals surface area contributed by atoms with Crippen molar-refractivity contribution in [3.8, 4) is 11.1 Å². The van der Waals surface area contributed by atoms with Gasteiger partial charge < -0.3 is 25.8 Å². The minimum absolute atomic E-state index is 0.131. The Labute approximate surface area is 211 Å². The second-order valence-electron chi connectivity index (χ2n) is 9.30. The highest BCUT2D eigenvalue weighted by Gasteiger charge is 2.17. The number of allylic oxidation sites excluding steroid dienone is 3. The molecule has 4 rings (SSSR count). The van der Waals surface area contributed by atoms with E-state index in [0.717, 1.165) is 76.4 Å². The Balaban J connectivity index is 1.59. The third-order valence-corrected chi connectivity index (χ3v) is 6.65. The fourth-order valence-corrected chi connectivity index (χ4v) is 4.45. The lowest BCUT2D eigenvalue weighted by Gasteiger charge is -2.28. The van der Waals surface area contributed by atoms with E-state index in [1.165, 1.54) is 0 Å². The van der Waals surface area contributed by atoms with Crippen molar-refractivity contribution in [1.82, 2.24) is 25.9 Å². The molecule has 0 bridgehead atoms. The number of pyridine rings is 1. The number of nitrogens with zero attached hydrogens (tertiary/aromatic N) is 2. The molecule has 0 radical (unpaired) electrons. The summed E-state index contributed by atoms with van der Waals surface area (Å²) in [5.74, 6) is 0.842. The van der Waals surface area contributed by atoms with Gasteiger partial charge in [-0.1, -0.05) is 5.57 Å². The molecular weight excluding hydrogens is 452 g/mol. The van der Waals surface area contributed by atoms with Crippen molar-refractivity contribution in [2.75, 3.05) is 37.6 Å². The summed E-state index contributed by atoms with van der Waals surface area (Å²) in [5.41, 5.74) is 7.24. The second-order valence-corrected chi connectivity index (χ2v) is 9.30. The summed E-state index contributed by atoms with van der Waals surface area (Å²) in [7, 11) is 0. The van der Waals surface area contributed by atoms with Crippen molar-refractivity contribution in [3.05, 3.63) is 70.7 Å². The number of amides is 2. The van der Waals surface area contributed by atoms with E-state index in [1.54, 1.807) is 0 Å². The summed E-state index contributed by atoms with van der Waals surface area (Å²) in [6.07, 6.45) is 6.36. The highest BCUT2D eigenvalue weighted by Crippen LogP contribution is 2.30. The van der Waals surface area contributed by atoms with Gasteiger partial charge in [-0.15, -0.1) is 0 Å². The van der Waals surface area contributed by atoms with E-state index in [2.05, 4.69) is 44.0 Å². The zero-order valence-corrected chi connectivity index (χ0v) is 21.4. The molecule has 4 N–H and O–H groups in total. The summed E-state index contributed by atoms with van der Waals surface area (Å²) < 4.78 is 0. The molecule has 3 aromatic rings. The predicted octanol–water partition coefficient (Wildman–Crippen LogP) is 3.66. The first kappa shape index (κ1) is 25.2. The number of carbonyl (C=O) groups is 2. The molecular formula is C28H34N6O2. The SMILES string of the molecule is C/C(=C/C(C)=C(\C)CNC(=O)c1cc(-c2ccc(N3CCNCC3)nc2)cc2[nH]cc(C)c12)NC=O. The monoisotopic (exact) mass is 486 g/mol. The molecule has 1 saturated heterocycles. The van der Waals surface area contributed by atoms with Gasteiger partial charge in [0.05, 0.1) is 0 Å². The van der Waals surface area contributed by atoms with Crippen LogP contribution >= 0.6 is 0 Å². The standard InChI is InChI=1S/C28H34N6O2/c1-18(11-21(4)33-17-35)19(2)14-32-28(36)24-12-23(13-25-27(24)20(3)15-30-25)22-5-6-26(31-16-22)34-9-7-29-8-10-34/h5-6,11-13,15-17,29-30H,7-10,14H2,1-4H3,(H,32,36)(H,33,35)/b19-18+,21-11-. The Hall–Kier alpha value is -3.91. The predicted molar refractivity (Wildman–Crippen MR) is 145 cm³/mol. The van der Waals surface area contributed by atoms with Gasteiger partial charge in [-0.3, -0.25) is 9.59 Å². The normalized spacial score (nSPS) is 15.0. The number of anilines is 1. The van der Waals surface area contributed by atoms with Crippen molar-refractivity contribution in [3.63, 3.8) is 0 Å². The molecule has 36 heavy (non-hydrogen) atoms. The molecule has 0 unspecified atom stereocenters. The fraction of sp³-hybridized carbons (Fsp3) is 0.321. The topological polar surface area (TPSA) is 102 Å². The van der Waals surface area contributed by atoms with Crippen molar-refractivity contribution in [2.45, 2.75) is 27.7 Å². The van der Waals surface area contributed by atoms with Crippen LogP contribution in [0.1, 0.15) is 36.7 Å². The van der Waals surface area contributed by atoms with Crippen LogP contribution in [-0.2, 0) is 4.79 Å². The average Bonchev–Trinajstić information content (AvgIpc) is 3.27. The molecule has 1 aromatic carbocycles. The number of nitrogens with one attached hydrogen (secondary N) is 4. The summed E-state index contributed by atoms with van der Waals surface area (Å²) in [6.45, 7) is 12.0. The van der Waals surface area contributed by atoms with Gasteiger partial charge in [-0.2, -0.15) is 0 Å². The lowest BCUT2D eigenvalue weighted by molar-refractivity contribution is -0.108. The Morgan fingerprint density at radius 1 is 1.14 bits per heavy atom. The van der Waals surface area contributed by atoms with Crippen LogP contribution in [-0.4, -0.2) is 55.0 Å². The van der Waals surface area contributed by atoms with E-state index in [0.29, 0.717) is 18.5 Å². The maximum absolute atomic E-state index is 13.4. The van der Waals surface area contributed by atoms with E-state index >= 15 is 0 Å². The zero-order chi connectivity index (χ0) is 25.7. The quantitative estimate of drug-likeness (QED) is 0.288. The summed E-state index contributed by atoms with van der Waals surface area (Å²) >= 11 is 0. The second kappa shape index (κ2) is 11.2. The van der Waals surface area contributed by atoms with Crippen LogP contribution in [0.2, 0.25) is 0 Å². The largest absolute Gasteiger partial charge is 0.361 e. The minimum Gasteiger partial charge on any atom is -0.361 e. The molecule has 0 atom stereocenters. The smallest absolute Gasteiger partial charge is 0.252 e. The summed E-state index contributed by atoms with van der Waals surface area (Å²) in [4.78, 5) is 34.3. The van der Waals surface area contributed by atoms with Crippen LogP contribution < -0.4 is 20.9 Å². The molecule has 1 fully saturated rings. The van der Waals surface area contributed by atoms with E-state index < -0.39 is 0 Å². The number of aryl methyl sites for hydroxylation is 1. The first-order valence-corrected chi connectivity index (χ1v) is 12.2. The average molecular weight is 487 g/mol. The van der Waals surface area contributed by atoms with Crippen molar-refractivity contribution in [2.24, 2.45) is 0 Å². The summed E-state index contributed by atoms with van der Waals surface area (Å²) in [6, 6.07) is 8.14. The zero-order valence-electron chi connectivity index (χ0n) is 21.4. The van der Waals surface area contributed by atoms with Gasteiger partial charge in [-0.25, -0.2) is 4.98 Å². The van der Waals surface area contributed by atoms with Crippen LogP contribution in [0.25, 0.3) is 22.0 Å². The number of aromatic amines is 1. The van der Waals surface area contributed by atoms with Crippen LogP contribution in [0, 0.1) is 6.92 Å². The molecule has 0 saturated carbocycles. The maximum Gasteiger partial charge on any atom is 0.252 e. The molecule has 2 amide bonds. The number of aromatic nitrogens is 2. The number of hydrogen-bond acceptors (Lipinski definition) is 5. The lowest BCUT2D eigenvalue weighted by atomic mass is 9.99. The number of H-pyrrole nitrogens is 1. The molecule has 8 nitrogen and oxygen atoms in total. The van der Waals surface area contributed by atoms with Gasteiger partial charge >= 0.3 is 0 Å². The molecule has 188 valence electrons.